The van der Waals surface area contributed by atoms with Gasteiger partial charge in [0.15, 0.2) is 5.72 Å². The van der Waals surface area contributed by atoms with Crippen molar-refractivity contribution >= 4 is 5.97 Å². The van der Waals surface area contributed by atoms with E-state index in [0.717, 1.165) is 13.1 Å². The normalized spacial score (nSPS) is 21.8. The molecule has 1 heterocycles. The van der Waals surface area contributed by atoms with Crippen molar-refractivity contribution in [2.75, 3.05) is 13.1 Å². The van der Waals surface area contributed by atoms with Crippen LogP contribution in [0.25, 0.3) is 0 Å². The maximum absolute atomic E-state index is 11.0. The smallest absolute Gasteiger partial charge is 0.307 e. The lowest BCUT2D eigenvalue weighted by Crippen LogP contribution is -2.51. The van der Waals surface area contributed by atoms with Crippen molar-refractivity contribution in [3.05, 3.63) is 0 Å². The van der Waals surface area contributed by atoms with Crippen molar-refractivity contribution in [3.63, 3.8) is 0 Å². The molecule has 0 spiro atoms. The highest BCUT2D eigenvalue weighted by molar-refractivity contribution is 5.69. The monoisotopic (exact) mass is 172 g/mol. The van der Waals surface area contributed by atoms with E-state index in [0.29, 0.717) is 19.3 Å². The third kappa shape index (κ3) is 2.46. The number of rotatable bonds is 2. The number of piperidine rings is 1. The Morgan fingerprint density at radius 1 is 1.58 bits per heavy atom. The predicted molar refractivity (Wildman–Crippen MR) is 45.4 cm³/mol. The number of esters is 1. The molecule has 0 saturated carbocycles. The Morgan fingerprint density at radius 2 is 2.17 bits per heavy atom. The third-order valence-electron chi connectivity index (χ3n) is 2.06. The molecule has 1 aliphatic heterocycles. The SMILES string of the molecule is CCC(=O)OC1(N)CCNCC1. The summed E-state index contributed by atoms with van der Waals surface area (Å²) in [6.45, 7) is 3.42. The van der Waals surface area contributed by atoms with Crippen molar-refractivity contribution in [1.82, 2.24) is 5.32 Å². The van der Waals surface area contributed by atoms with Gasteiger partial charge in [0.25, 0.3) is 0 Å². The summed E-state index contributed by atoms with van der Waals surface area (Å²) >= 11 is 0. The summed E-state index contributed by atoms with van der Waals surface area (Å²) in [6, 6.07) is 0. The van der Waals surface area contributed by atoms with Gasteiger partial charge in [-0.3, -0.25) is 10.5 Å². The summed E-state index contributed by atoms with van der Waals surface area (Å²) in [7, 11) is 0. The van der Waals surface area contributed by atoms with Gasteiger partial charge in [0, 0.05) is 32.4 Å². The zero-order chi connectivity index (χ0) is 9.03. The van der Waals surface area contributed by atoms with Crippen molar-refractivity contribution in [2.24, 2.45) is 5.73 Å². The molecule has 12 heavy (non-hydrogen) atoms. The van der Waals surface area contributed by atoms with E-state index in [4.69, 9.17) is 10.5 Å². The highest BCUT2D eigenvalue weighted by atomic mass is 16.6. The Morgan fingerprint density at radius 3 is 2.67 bits per heavy atom. The molecule has 0 aliphatic carbocycles. The summed E-state index contributed by atoms with van der Waals surface area (Å²) < 4.78 is 5.13. The van der Waals surface area contributed by atoms with Crippen LogP contribution in [0, 0.1) is 0 Å². The molecular weight excluding hydrogens is 156 g/mol. The highest BCUT2D eigenvalue weighted by Crippen LogP contribution is 2.16. The molecule has 0 amide bonds. The topological polar surface area (TPSA) is 64.3 Å². The molecule has 4 nitrogen and oxygen atoms in total. The van der Waals surface area contributed by atoms with Gasteiger partial charge in [0.1, 0.15) is 0 Å². The molecule has 1 rings (SSSR count). The van der Waals surface area contributed by atoms with Gasteiger partial charge in [0.2, 0.25) is 0 Å². The number of carbonyl (C=O) groups excluding carboxylic acids is 1. The Bertz CT molecular complexity index is 164. The number of ether oxygens (including phenoxy) is 1. The minimum absolute atomic E-state index is 0.209. The molecule has 0 aromatic rings. The molecule has 1 saturated heterocycles. The van der Waals surface area contributed by atoms with Crippen LogP contribution < -0.4 is 11.1 Å². The lowest BCUT2D eigenvalue weighted by Gasteiger charge is -2.33. The van der Waals surface area contributed by atoms with E-state index in [9.17, 15) is 4.79 Å². The Kier molecular flexibility index (Phi) is 3.05. The molecule has 3 N–H and O–H groups in total. The zero-order valence-electron chi connectivity index (χ0n) is 7.43. The Labute approximate surface area is 72.5 Å². The summed E-state index contributed by atoms with van der Waals surface area (Å²) in [5, 5.41) is 3.16. The minimum atomic E-state index is -0.710. The number of hydrogen-bond donors (Lipinski definition) is 2. The van der Waals surface area contributed by atoms with E-state index in [1.807, 2.05) is 0 Å². The van der Waals surface area contributed by atoms with E-state index >= 15 is 0 Å². The van der Waals surface area contributed by atoms with E-state index in [1.165, 1.54) is 0 Å². The van der Waals surface area contributed by atoms with Crippen LogP contribution in [-0.4, -0.2) is 24.8 Å². The van der Waals surface area contributed by atoms with Crippen molar-refractivity contribution < 1.29 is 9.53 Å². The van der Waals surface area contributed by atoms with Crippen LogP contribution in [-0.2, 0) is 9.53 Å². The fourth-order valence-electron chi connectivity index (χ4n) is 1.25. The molecule has 0 aromatic heterocycles. The summed E-state index contributed by atoms with van der Waals surface area (Å²) in [4.78, 5) is 11.0. The van der Waals surface area contributed by atoms with Crippen molar-refractivity contribution in [3.8, 4) is 0 Å². The fourth-order valence-corrected chi connectivity index (χ4v) is 1.25. The molecule has 1 fully saturated rings. The molecule has 0 atom stereocenters. The summed E-state index contributed by atoms with van der Waals surface area (Å²) in [5.74, 6) is -0.209. The number of carbonyl (C=O) groups is 1. The Hall–Kier alpha value is -0.610. The fraction of sp³-hybridized carbons (Fsp3) is 0.875. The van der Waals surface area contributed by atoms with E-state index < -0.39 is 5.72 Å². The first-order valence-corrected chi connectivity index (χ1v) is 4.38. The highest BCUT2D eigenvalue weighted by Gasteiger charge is 2.30. The van der Waals surface area contributed by atoms with Crippen molar-refractivity contribution in [1.29, 1.82) is 0 Å². The van der Waals surface area contributed by atoms with Gasteiger partial charge >= 0.3 is 5.97 Å². The molecule has 0 unspecified atom stereocenters. The zero-order valence-corrected chi connectivity index (χ0v) is 7.43. The van der Waals surface area contributed by atoms with Crippen LogP contribution in [0.5, 0.6) is 0 Å². The molecule has 0 aromatic carbocycles. The van der Waals surface area contributed by atoms with Gasteiger partial charge in [-0.05, 0) is 0 Å². The van der Waals surface area contributed by atoms with Gasteiger partial charge < -0.3 is 10.1 Å². The maximum atomic E-state index is 11.0. The summed E-state index contributed by atoms with van der Waals surface area (Å²) in [5.41, 5.74) is 5.14. The standard InChI is InChI=1S/C8H16N2O2/c1-2-7(11)12-8(9)3-5-10-6-4-8/h10H,2-6,9H2,1H3. The first-order valence-electron chi connectivity index (χ1n) is 4.38. The molecular formula is C8H16N2O2. The van der Waals surface area contributed by atoms with Gasteiger partial charge in [-0.1, -0.05) is 6.92 Å². The molecule has 0 bridgehead atoms. The second kappa shape index (κ2) is 3.87. The maximum Gasteiger partial charge on any atom is 0.307 e. The molecule has 1 aliphatic rings. The quantitative estimate of drug-likeness (QED) is 0.454. The lowest BCUT2D eigenvalue weighted by atomic mass is 10.0. The average Bonchev–Trinajstić information content (AvgIpc) is 2.05. The molecule has 0 radical (unpaired) electrons. The van der Waals surface area contributed by atoms with Crippen LogP contribution in [0.4, 0.5) is 0 Å². The second-order valence-electron chi connectivity index (χ2n) is 3.14. The molecule has 4 heteroatoms. The van der Waals surface area contributed by atoms with Crippen LogP contribution in [0.3, 0.4) is 0 Å². The number of nitrogens with one attached hydrogen (secondary N) is 1. The number of nitrogens with two attached hydrogens (primary N) is 1. The van der Waals surface area contributed by atoms with Gasteiger partial charge in [-0.2, -0.15) is 0 Å². The number of hydrogen-bond acceptors (Lipinski definition) is 4. The van der Waals surface area contributed by atoms with E-state index in [-0.39, 0.29) is 5.97 Å². The van der Waals surface area contributed by atoms with E-state index in [2.05, 4.69) is 5.32 Å². The van der Waals surface area contributed by atoms with Gasteiger partial charge in [-0.25, -0.2) is 0 Å². The van der Waals surface area contributed by atoms with Gasteiger partial charge in [-0.15, -0.1) is 0 Å². The second-order valence-corrected chi connectivity index (χ2v) is 3.14. The van der Waals surface area contributed by atoms with Crippen molar-refractivity contribution in [2.45, 2.75) is 31.9 Å². The van der Waals surface area contributed by atoms with Crippen LogP contribution >= 0.6 is 0 Å². The lowest BCUT2D eigenvalue weighted by molar-refractivity contribution is -0.161. The van der Waals surface area contributed by atoms with Gasteiger partial charge in [0.05, 0.1) is 0 Å². The third-order valence-corrected chi connectivity index (χ3v) is 2.06. The van der Waals surface area contributed by atoms with Crippen LogP contribution in [0.2, 0.25) is 0 Å². The average molecular weight is 172 g/mol. The summed E-state index contributed by atoms with van der Waals surface area (Å²) in [6.07, 6.45) is 1.81. The first-order chi connectivity index (χ1) is 5.66. The minimum Gasteiger partial charge on any atom is -0.444 e. The van der Waals surface area contributed by atoms with E-state index in [1.54, 1.807) is 6.92 Å². The molecule has 70 valence electrons. The van der Waals surface area contributed by atoms with Crippen LogP contribution in [0.1, 0.15) is 26.2 Å². The van der Waals surface area contributed by atoms with Crippen LogP contribution in [0.15, 0.2) is 0 Å². The Balaban J connectivity index is 2.41. The first kappa shape index (κ1) is 9.48. The largest absolute Gasteiger partial charge is 0.444 e. The predicted octanol–water partition coefficient (Wildman–Crippen LogP) is -0.0220.